The third-order valence-electron chi connectivity index (χ3n) is 6.39. The first-order valence-electron chi connectivity index (χ1n) is 11.5. The quantitative estimate of drug-likeness (QED) is 0.377. The summed E-state index contributed by atoms with van der Waals surface area (Å²) in [4.78, 5) is 24.5. The molecule has 0 aliphatic carbocycles. The van der Waals surface area contributed by atoms with Gasteiger partial charge in [0.15, 0.2) is 0 Å². The molecule has 36 heavy (non-hydrogen) atoms. The summed E-state index contributed by atoms with van der Waals surface area (Å²) in [7, 11) is 1.36. The summed E-state index contributed by atoms with van der Waals surface area (Å²) >= 11 is 0. The zero-order valence-electron chi connectivity index (χ0n) is 19.6. The average Bonchev–Trinajstić information content (AvgIpc) is 3.31. The molecule has 1 aromatic carbocycles. The van der Waals surface area contributed by atoms with Crippen LogP contribution in [0.5, 0.6) is 0 Å². The van der Waals surface area contributed by atoms with E-state index in [2.05, 4.69) is 19.4 Å². The summed E-state index contributed by atoms with van der Waals surface area (Å²) in [5.41, 5.74) is 2.72. The first-order chi connectivity index (χ1) is 17.3. The second-order valence-corrected chi connectivity index (χ2v) is 8.58. The molecule has 0 saturated carbocycles. The molecule has 0 N–H and O–H groups in total. The monoisotopic (exact) mass is 495 g/mol. The van der Waals surface area contributed by atoms with Gasteiger partial charge in [-0.25, -0.2) is 14.8 Å². The van der Waals surface area contributed by atoms with Crippen LogP contribution in [-0.2, 0) is 17.5 Å². The van der Waals surface area contributed by atoms with E-state index in [0.29, 0.717) is 44.1 Å². The van der Waals surface area contributed by atoms with Gasteiger partial charge in [-0.15, -0.1) is 0 Å². The van der Waals surface area contributed by atoms with Crippen molar-refractivity contribution < 1.29 is 22.7 Å². The van der Waals surface area contributed by atoms with Gasteiger partial charge < -0.3 is 19.1 Å². The predicted molar refractivity (Wildman–Crippen MR) is 130 cm³/mol. The number of hydrogen-bond donors (Lipinski definition) is 0. The van der Waals surface area contributed by atoms with Crippen LogP contribution in [0.15, 0.2) is 67.1 Å². The first kappa shape index (κ1) is 23.7. The Morgan fingerprint density at radius 2 is 1.67 bits per heavy atom. The van der Waals surface area contributed by atoms with Crippen LogP contribution in [0.2, 0.25) is 0 Å². The van der Waals surface area contributed by atoms with Crippen LogP contribution >= 0.6 is 0 Å². The standard InChI is InChI=1S/C26H24F3N5O2/c1-36-25(35)19-4-2-18(3-5-19)17-34-11-9-21-22(8-10-30-24(21)34)32-12-14-33(15-13-32)23-7-6-20(16-31-23)26(27,28)29/h2-11,16H,12-15,17H2,1H3. The Balaban J connectivity index is 1.29. The number of carbonyl (C=O) groups is 1. The van der Waals surface area contributed by atoms with Crippen LogP contribution < -0.4 is 9.80 Å². The lowest BCUT2D eigenvalue weighted by Gasteiger charge is -2.37. The molecule has 1 fully saturated rings. The maximum absolute atomic E-state index is 12.8. The molecule has 0 bridgehead atoms. The van der Waals surface area contributed by atoms with Crippen LogP contribution in [0.3, 0.4) is 0 Å². The number of esters is 1. The first-order valence-corrected chi connectivity index (χ1v) is 11.5. The Bertz CT molecular complexity index is 1360. The molecule has 7 nitrogen and oxygen atoms in total. The molecule has 0 atom stereocenters. The van der Waals surface area contributed by atoms with Gasteiger partial charge in [0.1, 0.15) is 11.5 Å². The topological polar surface area (TPSA) is 63.5 Å². The summed E-state index contributed by atoms with van der Waals surface area (Å²) in [6, 6.07) is 13.8. The number of ether oxygens (including phenoxy) is 1. The minimum Gasteiger partial charge on any atom is -0.465 e. The van der Waals surface area contributed by atoms with E-state index < -0.39 is 11.7 Å². The highest BCUT2D eigenvalue weighted by Crippen LogP contribution is 2.31. The highest BCUT2D eigenvalue weighted by molar-refractivity contribution is 5.91. The number of methoxy groups -OCH3 is 1. The highest BCUT2D eigenvalue weighted by atomic mass is 19.4. The third kappa shape index (κ3) is 4.71. The second kappa shape index (κ2) is 9.52. The lowest BCUT2D eigenvalue weighted by Crippen LogP contribution is -2.46. The van der Waals surface area contributed by atoms with E-state index in [4.69, 9.17) is 4.74 Å². The predicted octanol–water partition coefficient (Wildman–Crippen LogP) is 4.61. The molecule has 4 aromatic rings. The smallest absolute Gasteiger partial charge is 0.417 e. The number of aromatic nitrogens is 3. The number of fused-ring (bicyclic) bond motifs is 1. The van der Waals surface area contributed by atoms with E-state index in [-0.39, 0.29) is 5.97 Å². The molecule has 0 amide bonds. The summed E-state index contributed by atoms with van der Waals surface area (Å²) in [5, 5.41) is 1.03. The van der Waals surface area contributed by atoms with E-state index >= 15 is 0 Å². The number of rotatable bonds is 5. The summed E-state index contributed by atoms with van der Waals surface area (Å²) < 4.78 is 45.3. The number of pyridine rings is 2. The minimum atomic E-state index is -4.39. The molecule has 186 valence electrons. The van der Waals surface area contributed by atoms with Crippen molar-refractivity contribution in [1.82, 2.24) is 14.5 Å². The maximum atomic E-state index is 12.8. The molecule has 0 unspecified atom stereocenters. The van der Waals surface area contributed by atoms with Crippen molar-refractivity contribution >= 4 is 28.5 Å². The molecular weight excluding hydrogens is 471 g/mol. The fourth-order valence-electron chi connectivity index (χ4n) is 4.46. The minimum absolute atomic E-state index is 0.367. The Morgan fingerprint density at radius 3 is 2.31 bits per heavy atom. The van der Waals surface area contributed by atoms with Crippen LogP contribution in [0.1, 0.15) is 21.5 Å². The lowest BCUT2D eigenvalue weighted by atomic mass is 10.1. The van der Waals surface area contributed by atoms with E-state index in [1.165, 1.54) is 13.2 Å². The molecule has 1 aliphatic rings. The van der Waals surface area contributed by atoms with Crippen molar-refractivity contribution in [3.63, 3.8) is 0 Å². The molecular formula is C26H24F3N5O2. The summed E-state index contributed by atoms with van der Waals surface area (Å²) in [5.74, 6) is 0.181. The molecule has 10 heteroatoms. The highest BCUT2D eigenvalue weighted by Gasteiger charge is 2.31. The number of carbonyl (C=O) groups excluding carboxylic acids is 1. The number of piperazine rings is 1. The fraction of sp³-hybridized carbons (Fsp3) is 0.269. The van der Waals surface area contributed by atoms with Gasteiger partial charge in [-0.3, -0.25) is 0 Å². The molecule has 4 heterocycles. The van der Waals surface area contributed by atoms with Gasteiger partial charge >= 0.3 is 12.1 Å². The summed E-state index contributed by atoms with van der Waals surface area (Å²) in [6.07, 6.45) is 0.287. The number of halogens is 3. The van der Waals surface area contributed by atoms with Gasteiger partial charge in [0.25, 0.3) is 0 Å². The molecule has 1 saturated heterocycles. The third-order valence-corrected chi connectivity index (χ3v) is 6.39. The second-order valence-electron chi connectivity index (χ2n) is 8.58. The number of nitrogens with zero attached hydrogens (tertiary/aromatic N) is 5. The zero-order valence-corrected chi connectivity index (χ0v) is 19.6. The van der Waals surface area contributed by atoms with Gasteiger partial charge in [0.05, 0.1) is 18.2 Å². The van der Waals surface area contributed by atoms with Crippen molar-refractivity contribution in [2.75, 3.05) is 43.1 Å². The molecule has 1 aliphatic heterocycles. The van der Waals surface area contributed by atoms with Crippen LogP contribution in [-0.4, -0.2) is 53.8 Å². The molecule has 3 aromatic heterocycles. The molecule has 0 spiro atoms. The van der Waals surface area contributed by atoms with E-state index in [0.717, 1.165) is 34.5 Å². The molecule has 0 radical (unpaired) electrons. The number of hydrogen-bond acceptors (Lipinski definition) is 6. The van der Waals surface area contributed by atoms with Crippen molar-refractivity contribution in [1.29, 1.82) is 0 Å². The Kier molecular flexibility index (Phi) is 6.26. The molecule has 5 rings (SSSR count). The fourth-order valence-corrected chi connectivity index (χ4v) is 4.46. The van der Waals surface area contributed by atoms with Crippen LogP contribution in [0.25, 0.3) is 11.0 Å². The van der Waals surface area contributed by atoms with Crippen molar-refractivity contribution in [3.05, 3.63) is 83.8 Å². The van der Waals surface area contributed by atoms with Crippen molar-refractivity contribution in [3.8, 4) is 0 Å². The lowest BCUT2D eigenvalue weighted by molar-refractivity contribution is -0.137. The zero-order chi connectivity index (χ0) is 25.3. The Hall–Kier alpha value is -4.08. The van der Waals surface area contributed by atoms with Gasteiger partial charge in [0.2, 0.25) is 0 Å². The van der Waals surface area contributed by atoms with E-state index in [1.807, 2.05) is 35.4 Å². The number of anilines is 2. The van der Waals surface area contributed by atoms with Gasteiger partial charge in [-0.1, -0.05) is 12.1 Å². The summed E-state index contributed by atoms with van der Waals surface area (Å²) in [6.45, 7) is 3.32. The number of benzene rings is 1. The number of alkyl halides is 3. The normalized spacial score (nSPS) is 14.3. The Labute approximate surface area is 205 Å². The van der Waals surface area contributed by atoms with Gasteiger partial charge in [0, 0.05) is 62.4 Å². The van der Waals surface area contributed by atoms with Gasteiger partial charge in [-0.05, 0) is 42.0 Å². The van der Waals surface area contributed by atoms with Crippen LogP contribution in [0, 0.1) is 0 Å². The average molecular weight is 496 g/mol. The van der Waals surface area contributed by atoms with Crippen molar-refractivity contribution in [2.24, 2.45) is 0 Å². The maximum Gasteiger partial charge on any atom is 0.417 e. The van der Waals surface area contributed by atoms with E-state index in [9.17, 15) is 18.0 Å². The van der Waals surface area contributed by atoms with E-state index in [1.54, 1.807) is 18.3 Å². The largest absolute Gasteiger partial charge is 0.465 e. The SMILES string of the molecule is COC(=O)c1ccc(Cn2ccc3c(N4CCN(c5ccc(C(F)(F)F)cn5)CC4)ccnc32)cc1. The van der Waals surface area contributed by atoms with Gasteiger partial charge in [-0.2, -0.15) is 13.2 Å². The van der Waals surface area contributed by atoms with Crippen molar-refractivity contribution in [2.45, 2.75) is 12.7 Å². The van der Waals surface area contributed by atoms with Crippen LogP contribution in [0.4, 0.5) is 24.7 Å². The Morgan fingerprint density at radius 1 is 0.944 bits per heavy atom.